The van der Waals surface area contributed by atoms with Gasteiger partial charge in [-0.05, 0) is 49.6 Å². The number of fused-ring (bicyclic) bond motifs is 3. The Kier molecular flexibility index (Phi) is 8.48. The van der Waals surface area contributed by atoms with Crippen LogP contribution in [0.1, 0.15) is 36.2 Å². The molecule has 2 N–H and O–H groups in total. The normalized spacial score (nSPS) is 17.7. The number of carbonyl (C=O) groups is 1. The van der Waals surface area contributed by atoms with E-state index in [9.17, 15) is 23.1 Å². The molecule has 0 aliphatic carbocycles. The summed E-state index contributed by atoms with van der Waals surface area (Å²) in [6, 6.07) is 12.4. The highest BCUT2D eigenvalue weighted by molar-refractivity contribution is 5.85. The second-order valence-corrected chi connectivity index (χ2v) is 9.17. The molecular formula is C27H32F3N3O4. The van der Waals surface area contributed by atoms with Gasteiger partial charge in [0.05, 0.1) is 32.9 Å². The maximum Gasteiger partial charge on any atom is 0.407 e. The summed E-state index contributed by atoms with van der Waals surface area (Å²) < 4.78 is 51.5. The first-order valence-electron chi connectivity index (χ1n) is 12.3. The number of hydrogen-bond donors (Lipinski definition) is 2. The highest BCUT2D eigenvalue weighted by Gasteiger charge is 2.38. The Bertz CT molecular complexity index is 1220. The number of carboxylic acid groups (broad SMARTS) is 1. The van der Waals surface area contributed by atoms with Gasteiger partial charge < -0.3 is 24.5 Å². The van der Waals surface area contributed by atoms with E-state index in [1.165, 1.54) is 7.11 Å². The zero-order chi connectivity index (χ0) is 26.5. The number of hydrogen-bond acceptors (Lipinski definition) is 4. The monoisotopic (exact) mass is 519 g/mol. The average Bonchev–Trinajstić information content (AvgIpc) is 3.24. The predicted molar refractivity (Wildman–Crippen MR) is 135 cm³/mol. The van der Waals surface area contributed by atoms with E-state index in [1.807, 2.05) is 31.2 Å². The number of rotatable bonds is 11. The van der Waals surface area contributed by atoms with Gasteiger partial charge in [-0.2, -0.15) is 0 Å². The number of H-pyrrole nitrogens is 1. The molecule has 10 heteroatoms. The molecule has 3 aromatic rings. The lowest BCUT2D eigenvalue weighted by Crippen LogP contribution is -2.45. The van der Waals surface area contributed by atoms with Gasteiger partial charge in [0, 0.05) is 34.7 Å². The second kappa shape index (κ2) is 11.8. The van der Waals surface area contributed by atoms with Crippen LogP contribution < -0.4 is 9.47 Å². The van der Waals surface area contributed by atoms with Gasteiger partial charge in [0.25, 0.3) is 6.43 Å². The van der Waals surface area contributed by atoms with Crippen molar-refractivity contribution in [3.63, 3.8) is 0 Å². The molecular weight excluding hydrogens is 487 g/mol. The van der Waals surface area contributed by atoms with E-state index >= 15 is 0 Å². The Hall–Kier alpha value is -3.40. The van der Waals surface area contributed by atoms with Crippen LogP contribution in [0.5, 0.6) is 11.5 Å². The number of nitrogens with zero attached hydrogens (tertiary/aromatic N) is 2. The zero-order valence-electron chi connectivity index (χ0n) is 20.9. The van der Waals surface area contributed by atoms with Crippen molar-refractivity contribution in [2.45, 2.75) is 38.3 Å². The molecule has 0 fully saturated rings. The maximum atomic E-state index is 13.7. The van der Waals surface area contributed by atoms with Crippen LogP contribution in [0, 0.1) is 0 Å². The molecule has 0 unspecified atom stereocenters. The number of para-hydroxylation sites is 1. The van der Waals surface area contributed by atoms with Gasteiger partial charge in [-0.15, -0.1) is 0 Å². The van der Waals surface area contributed by atoms with Crippen LogP contribution in [0.15, 0.2) is 42.5 Å². The third kappa shape index (κ3) is 5.79. The van der Waals surface area contributed by atoms with E-state index in [-0.39, 0.29) is 32.2 Å². The molecule has 1 aliphatic heterocycles. The molecule has 0 saturated carbocycles. The molecule has 2 aromatic carbocycles. The minimum atomic E-state index is -2.52. The van der Waals surface area contributed by atoms with Crippen LogP contribution in [0.3, 0.4) is 0 Å². The van der Waals surface area contributed by atoms with Gasteiger partial charge in [-0.1, -0.05) is 18.2 Å². The number of halogens is 3. The first kappa shape index (κ1) is 26.7. The summed E-state index contributed by atoms with van der Waals surface area (Å²) in [7, 11) is 1.53. The number of benzene rings is 2. The van der Waals surface area contributed by atoms with Crippen molar-refractivity contribution in [3.05, 3.63) is 59.3 Å². The highest BCUT2D eigenvalue weighted by Crippen LogP contribution is 2.44. The highest BCUT2D eigenvalue weighted by atomic mass is 19.3. The smallest absolute Gasteiger partial charge is 0.407 e. The van der Waals surface area contributed by atoms with E-state index in [0.29, 0.717) is 23.5 Å². The Labute approximate surface area is 213 Å². The Morgan fingerprint density at radius 2 is 2.03 bits per heavy atom. The minimum absolute atomic E-state index is 0.0593. The predicted octanol–water partition coefficient (Wildman–Crippen LogP) is 5.50. The van der Waals surface area contributed by atoms with Gasteiger partial charge in [0.15, 0.2) is 0 Å². The molecule has 200 valence electrons. The second-order valence-electron chi connectivity index (χ2n) is 9.17. The van der Waals surface area contributed by atoms with Crippen LogP contribution in [0.2, 0.25) is 0 Å². The zero-order valence-corrected chi connectivity index (χ0v) is 20.9. The molecule has 0 saturated heterocycles. The summed E-state index contributed by atoms with van der Waals surface area (Å²) >= 11 is 0. The molecule has 1 aliphatic rings. The summed E-state index contributed by atoms with van der Waals surface area (Å²) in [5.74, 6) is 0.991. The van der Waals surface area contributed by atoms with E-state index in [0.717, 1.165) is 27.1 Å². The van der Waals surface area contributed by atoms with Gasteiger partial charge in [0.1, 0.15) is 18.1 Å². The standard InChI is InChI=1S/C27H32F3N3O4/c1-17-14-20-19-6-3-4-7-22(19)31-25(20)26(33(17)16-24(29)30)21-15-18(8-9-23(21)36-2)37-13-12-32(27(34)35)11-5-10-28/h3-4,6-9,15,17,24,26,31H,5,10-14,16H2,1-2H3,(H,34,35)/t17-,26-/m1/s1. The quantitative estimate of drug-likeness (QED) is 0.350. The summed E-state index contributed by atoms with van der Waals surface area (Å²) in [6.07, 6.45) is -2.92. The fraction of sp³-hybridized carbons (Fsp3) is 0.444. The van der Waals surface area contributed by atoms with Crippen molar-refractivity contribution in [1.29, 1.82) is 0 Å². The van der Waals surface area contributed by atoms with Crippen LogP contribution >= 0.6 is 0 Å². The largest absolute Gasteiger partial charge is 0.496 e. The van der Waals surface area contributed by atoms with Gasteiger partial charge in [-0.3, -0.25) is 9.29 Å². The number of methoxy groups -OCH3 is 1. The minimum Gasteiger partial charge on any atom is -0.496 e. The third-order valence-corrected chi connectivity index (χ3v) is 6.82. The van der Waals surface area contributed by atoms with Gasteiger partial charge >= 0.3 is 6.09 Å². The SMILES string of the molecule is COc1ccc(OCCN(CCCF)C(=O)O)cc1[C@@H]1c2[nH]c3ccccc3c2C[C@@H](C)N1CC(F)F. The Balaban J connectivity index is 1.69. The summed E-state index contributed by atoms with van der Waals surface area (Å²) in [4.78, 5) is 17.8. The van der Waals surface area contributed by atoms with E-state index in [1.54, 1.807) is 23.1 Å². The van der Waals surface area contributed by atoms with Crippen LogP contribution in [-0.4, -0.2) is 78.5 Å². The third-order valence-electron chi connectivity index (χ3n) is 6.82. The molecule has 37 heavy (non-hydrogen) atoms. The molecule has 1 amide bonds. The lowest BCUT2D eigenvalue weighted by atomic mass is 9.88. The molecule has 7 nitrogen and oxygen atoms in total. The molecule has 0 bridgehead atoms. The van der Waals surface area contributed by atoms with E-state index in [2.05, 4.69) is 4.98 Å². The fourth-order valence-corrected chi connectivity index (χ4v) is 5.13. The fourth-order valence-electron chi connectivity index (χ4n) is 5.13. The molecule has 4 rings (SSSR count). The Morgan fingerprint density at radius 1 is 1.24 bits per heavy atom. The Morgan fingerprint density at radius 3 is 2.73 bits per heavy atom. The first-order chi connectivity index (χ1) is 17.8. The van der Waals surface area contributed by atoms with Crippen LogP contribution in [0.4, 0.5) is 18.0 Å². The number of aromatic nitrogens is 1. The molecule has 2 heterocycles. The summed E-state index contributed by atoms with van der Waals surface area (Å²) in [6.45, 7) is 1.15. The number of amides is 1. The van der Waals surface area contributed by atoms with E-state index in [4.69, 9.17) is 9.47 Å². The van der Waals surface area contributed by atoms with Crippen molar-refractivity contribution < 1.29 is 32.5 Å². The molecule has 1 aromatic heterocycles. The number of alkyl halides is 3. The van der Waals surface area contributed by atoms with Crippen LogP contribution in [-0.2, 0) is 6.42 Å². The van der Waals surface area contributed by atoms with Crippen molar-refractivity contribution in [1.82, 2.24) is 14.8 Å². The van der Waals surface area contributed by atoms with Crippen molar-refractivity contribution in [2.24, 2.45) is 0 Å². The molecule has 0 spiro atoms. The molecule has 2 atom stereocenters. The lowest BCUT2D eigenvalue weighted by molar-refractivity contribution is 0.0449. The summed E-state index contributed by atoms with van der Waals surface area (Å²) in [5, 5.41) is 10.4. The first-order valence-corrected chi connectivity index (χ1v) is 12.3. The van der Waals surface area contributed by atoms with Crippen LogP contribution in [0.25, 0.3) is 10.9 Å². The summed E-state index contributed by atoms with van der Waals surface area (Å²) in [5.41, 5.74) is 3.56. The lowest BCUT2D eigenvalue weighted by Gasteiger charge is -2.41. The van der Waals surface area contributed by atoms with Gasteiger partial charge in [-0.25, -0.2) is 13.6 Å². The van der Waals surface area contributed by atoms with Gasteiger partial charge in [0.2, 0.25) is 0 Å². The molecule has 0 radical (unpaired) electrons. The number of nitrogens with one attached hydrogen (secondary N) is 1. The topological polar surface area (TPSA) is 78.0 Å². The van der Waals surface area contributed by atoms with Crippen molar-refractivity contribution >= 4 is 17.0 Å². The van der Waals surface area contributed by atoms with E-state index < -0.39 is 31.8 Å². The number of ether oxygens (including phenoxy) is 2. The number of aromatic amines is 1. The van der Waals surface area contributed by atoms with Crippen molar-refractivity contribution in [3.8, 4) is 11.5 Å². The average molecular weight is 520 g/mol. The maximum absolute atomic E-state index is 13.7. The van der Waals surface area contributed by atoms with Crippen molar-refractivity contribution in [2.75, 3.05) is 40.0 Å².